The number of aromatic nitrogens is 3. The van der Waals surface area contributed by atoms with Crippen molar-refractivity contribution in [3.63, 3.8) is 0 Å². The van der Waals surface area contributed by atoms with Gasteiger partial charge in [0.1, 0.15) is 0 Å². The molecule has 27 heavy (non-hydrogen) atoms. The molecule has 0 unspecified atom stereocenters. The molecule has 3 rings (SSSR count). The molecule has 3 heterocycles. The van der Waals surface area contributed by atoms with E-state index in [0.29, 0.717) is 12.5 Å². The van der Waals surface area contributed by atoms with Crippen LogP contribution >= 0.6 is 35.3 Å². The molecule has 9 heteroatoms. The zero-order valence-corrected chi connectivity index (χ0v) is 19.3. The van der Waals surface area contributed by atoms with E-state index in [2.05, 4.69) is 56.2 Å². The van der Waals surface area contributed by atoms with Crippen molar-refractivity contribution in [3.8, 4) is 0 Å². The molecule has 7 nitrogen and oxygen atoms in total. The summed E-state index contributed by atoms with van der Waals surface area (Å²) in [4.78, 5) is 22.7. The number of anilines is 1. The van der Waals surface area contributed by atoms with Gasteiger partial charge < -0.3 is 15.1 Å². The largest absolute Gasteiger partial charge is 0.357 e. The third kappa shape index (κ3) is 6.00. The van der Waals surface area contributed by atoms with E-state index in [1.165, 1.54) is 5.01 Å². The summed E-state index contributed by atoms with van der Waals surface area (Å²) >= 11 is 1.72. The summed E-state index contributed by atoms with van der Waals surface area (Å²) in [5.41, 5.74) is 1.05. The van der Waals surface area contributed by atoms with Gasteiger partial charge in [-0.1, -0.05) is 13.8 Å². The van der Waals surface area contributed by atoms with Crippen molar-refractivity contribution in [2.75, 3.05) is 37.6 Å². The highest BCUT2D eigenvalue weighted by molar-refractivity contribution is 14.0. The Morgan fingerprint density at radius 2 is 1.93 bits per heavy atom. The van der Waals surface area contributed by atoms with Gasteiger partial charge in [-0.15, -0.1) is 35.3 Å². The molecule has 0 aliphatic carbocycles. The molecular formula is C18H28IN7S. The number of rotatable bonds is 5. The lowest BCUT2D eigenvalue weighted by molar-refractivity contribution is 0.370. The number of aliphatic imine (C=N–C) groups is 1. The molecule has 1 aliphatic heterocycles. The molecule has 0 atom stereocenters. The predicted octanol–water partition coefficient (Wildman–Crippen LogP) is 2.96. The van der Waals surface area contributed by atoms with E-state index >= 15 is 0 Å². The third-order valence-corrected chi connectivity index (χ3v) is 5.40. The lowest BCUT2D eigenvalue weighted by Gasteiger charge is -2.36. The Bertz CT molecular complexity index is 712. The molecule has 0 bridgehead atoms. The summed E-state index contributed by atoms with van der Waals surface area (Å²) < 4.78 is 0. The number of hydrogen-bond donors (Lipinski definition) is 1. The monoisotopic (exact) mass is 501 g/mol. The molecule has 1 fully saturated rings. The van der Waals surface area contributed by atoms with Crippen LogP contribution in [0.3, 0.4) is 0 Å². The van der Waals surface area contributed by atoms with Crippen molar-refractivity contribution in [2.24, 2.45) is 4.99 Å². The average Bonchev–Trinajstić information content (AvgIpc) is 3.15. The maximum absolute atomic E-state index is 4.80. The van der Waals surface area contributed by atoms with E-state index in [1.54, 1.807) is 23.7 Å². The Hall–Kier alpha value is -1.49. The van der Waals surface area contributed by atoms with Crippen molar-refractivity contribution in [3.05, 3.63) is 34.5 Å². The second-order valence-corrected chi connectivity index (χ2v) is 7.41. The fourth-order valence-corrected chi connectivity index (χ4v) is 3.64. The lowest BCUT2D eigenvalue weighted by Crippen LogP contribution is -2.53. The van der Waals surface area contributed by atoms with E-state index in [4.69, 9.17) is 4.99 Å². The van der Waals surface area contributed by atoms with Gasteiger partial charge in [0.05, 0.1) is 17.2 Å². The number of guanidine groups is 1. The number of nitrogens with zero attached hydrogens (tertiary/aromatic N) is 6. The molecule has 0 radical (unpaired) electrons. The van der Waals surface area contributed by atoms with Gasteiger partial charge in [-0.05, 0) is 13.0 Å². The maximum Gasteiger partial charge on any atom is 0.225 e. The Morgan fingerprint density at radius 3 is 2.52 bits per heavy atom. The zero-order chi connectivity index (χ0) is 18.4. The van der Waals surface area contributed by atoms with E-state index in [0.717, 1.165) is 50.3 Å². The topological polar surface area (TPSA) is 69.5 Å². The van der Waals surface area contributed by atoms with Crippen LogP contribution in [0.15, 0.2) is 28.8 Å². The first-order valence-corrected chi connectivity index (χ1v) is 10.0. The van der Waals surface area contributed by atoms with E-state index in [9.17, 15) is 0 Å². The molecule has 148 valence electrons. The minimum absolute atomic E-state index is 0. The Morgan fingerprint density at radius 1 is 1.22 bits per heavy atom. The van der Waals surface area contributed by atoms with E-state index in [1.807, 2.05) is 6.07 Å². The van der Waals surface area contributed by atoms with Crippen molar-refractivity contribution >= 4 is 47.2 Å². The molecule has 2 aromatic rings. The molecule has 0 amide bonds. The quantitative estimate of drug-likeness (QED) is 0.386. The van der Waals surface area contributed by atoms with E-state index < -0.39 is 0 Å². The van der Waals surface area contributed by atoms with Crippen molar-refractivity contribution < 1.29 is 0 Å². The number of thiazole rings is 1. The fraction of sp³-hybridized carbons (Fsp3) is 0.556. The summed E-state index contributed by atoms with van der Waals surface area (Å²) in [5, 5.41) is 6.70. The Balaban J connectivity index is 0.00000261. The van der Waals surface area contributed by atoms with Crippen LogP contribution in [0.4, 0.5) is 5.95 Å². The summed E-state index contributed by atoms with van der Waals surface area (Å²) in [7, 11) is 0. The van der Waals surface area contributed by atoms with Crippen LogP contribution in [0, 0.1) is 0 Å². The Labute approximate surface area is 182 Å². The molecule has 1 N–H and O–H groups in total. The lowest BCUT2D eigenvalue weighted by atomic mass is 10.2. The molecule has 0 spiro atoms. The van der Waals surface area contributed by atoms with Gasteiger partial charge in [0.2, 0.25) is 5.95 Å². The van der Waals surface area contributed by atoms with Gasteiger partial charge in [-0.2, -0.15) is 0 Å². The number of piperazine rings is 1. The smallest absolute Gasteiger partial charge is 0.225 e. The average molecular weight is 501 g/mol. The van der Waals surface area contributed by atoms with Crippen LogP contribution in [-0.4, -0.2) is 58.5 Å². The normalized spacial score (nSPS) is 15.0. The molecule has 0 saturated carbocycles. The van der Waals surface area contributed by atoms with Crippen LogP contribution in [-0.2, 0) is 6.54 Å². The minimum Gasteiger partial charge on any atom is -0.357 e. The van der Waals surface area contributed by atoms with Gasteiger partial charge in [-0.3, -0.25) is 0 Å². The molecule has 0 aromatic carbocycles. The van der Waals surface area contributed by atoms with Crippen LogP contribution in [0.2, 0.25) is 0 Å². The molecule has 2 aromatic heterocycles. The van der Waals surface area contributed by atoms with Gasteiger partial charge in [0, 0.05) is 56.4 Å². The Kier molecular flexibility index (Phi) is 8.68. The third-order valence-electron chi connectivity index (χ3n) is 4.20. The summed E-state index contributed by atoms with van der Waals surface area (Å²) in [6.45, 7) is 11.5. The standard InChI is InChI=1S/C18H27N7S.HI/c1-4-19-17(22-12-15-13-26-16(23-15)14(2)3)24-8-10-25(11-9-24)18-20-6-5-7-21-18;/h5-7,13-14H,4,8-12H2,1-3H3,(H,19,22);1H. The highest BCUT2D eigenvalue weighted by Crippen LogP contribution is 2.19. The van der Waals surface area contributed by atoms with Crippen LogP contribution < -0.4 is 10.2 Å². The first-order chi connectivity index (χ1) is 12.7. The molecule has 1 aliphatic rings. The highest BCUT2D eigenvalue weighted by Gasteiger charge is 2.21. The second kappa shape index (κ2) is 10.7. The van der Waals surface area contributed by atoms with Gasteiger partial charge >= 0.3 is 0 Å². The first kappa shape index (κ1) is 21.8. The summed E-state index contributed by atoms with van der Waals surface area (Å²) in [6.07, 6.45) is 3.58. The molecule has 1 saturated heterocycles. The zero-order valence-electron chi connectivity index (χ0n) is 16.1. The highest BCUT2D eigenvalue weighted by atomic mass is 127. The van der Waals surface area contributed by atoms with Gasteiger partial charge in [-0.25, -0.2) is 19.9 Å². The summed E-state index contributed by atoms with van der Waals surface area (Å²) in [5.74, 6) is 2.23. The van der Waals surface area contributed by atoms with Crippen molar-refractivity contribution in [2.45, 2.75) is 33.2 Å². The SMILES string of the molecule is CCNC(=NCc1csc(C(C)C)n1)N1CCN(c2ncccn2)CC1.I. The van der Waals surface area contributed by atoms with Crippen LogP contribution in [0.1, 0.15) is 37.4 Å². The van der Waals surface area contributed by atoms with Gasteiger partial charge in [0.15, 0.2) is 5.96 Å². The predicted molar refractivity (Wildman–Crippen MR) is 122 cm³/mol. The fourth-order valence-electron chi connectivity index (χ4n) is 2.81. The van der Waals surface area contributed by atoms with Crippen LogP contribution in [0.25, 0.3) is 0 Å². The number of nitrogens with one attached hydrogen (secondary N) is 1. The van der Waals surface area contributed by atoms with Gasteiger partial charge in [0.25, 0.3) is 0 Å². The van der Waals surface area contributed by atoms with Crippen LogP contribution in [0.5, 0.6) is 0 Å². The van der Waals surface area contributed by atoms with Crippen molar-refractivity contribution in [1.29, 1.82) is 0 Å². The summed E-state index contributed by atoms with van der Waals surface area (Å²) in [6, 6.07) is 1.85. The molecular weight excluding hydrogens is 473 g/mol. The maximum atomic E-state index is 4.80. The second-order valence-electron chi connectivity index (χ2n) is 6.52. The first-order valence-electron chi connectivity index (χ1n) is 9.17. The van der Waals surface area contributed by atoms with E-state index in [-0.39, 0.29) is 24.0 Å². The number of hydrogen-bond acceptors (Lipinski definition) is 6. The van der Waals surface area contributed by atoms with Crippen molar-refractivity contribution in [1.82, 2.24) is 25.2 Å². The minimum atomic E-state index is 0. The number of halogens is 1.